The minimum absolute atomic E-state index is 0.316. The quantitative estimate of drug-likeness (QED) is 0.700. The van der Waals surface area contributed by atoms with Crippen molar-refractivity contribution in [1.82, 2.24) is 10.2 Å². The van der Waals surface area contributed by atoms with E-state index >= 15 is 0 Å². The Morgan fingerprint density at radius 3 is 2.39 bits per heavy atom. The Hall–Kier alpha value is -0.120. The van der Waals surface area contributed by atoms with Gasteiger partial charge >= 0.3 is 0 Å². The minimum Gasteiger partial charge on any atom is -0.396 e. The molecule has 3 nitrogen and oxygen atoms in total. The molecule has 3 heteroatoms. The highest BCUT2D eigenvalue weighted by Crippen LogP contribution is 2.24. The van der Waals surface area contributed by atoms with Crippen molar-refractivity contribution in [2.75, 3.05) is 19.7 Å². The molecule has 1 fully saturated rings. The highest BCUT2D eigenvalue weighted by Gasteiger charge is 2.26. The SMILES string of the molecule is CCCNC1CCC(N(CCCO)C(C)C)CC1. The second-order valence-corrected chi connectivity index (χ2v) is 5.87. The maximum Gasteiger partial charge on any atom is 0.0443 e. The minimum atomic E-state index is 0.316. The maximum absolute atomic E-state index is 9.00. The number of aliphatic hydroxyl groups is 1. The van der Waals surface area contributed by atoms with Gasteiger partial charge in [-0.3, -0.25) is 4.90 Å². The van der Waals surface area contributed by atoms with Crippen molar-refractivity contribution < 1.29 is 5.11 Å². The Bertz CT molecular complexity index is 201. The summed E-state index contributed by atoms with van der Waals surface area (Å²) in [6.45, 7) is 9.31. The molecular weight excluding hydrogens is 224 g/mol. The Labute approximate surface area is 113 Å². The topological polar surface area (TPSA) is 35.5 Å². The summed E-state index contributed by atoms with van der Waals surface area (Å²) in [5, 5.41) is 12.6. The van der Waals surface area contributed by atoms with Crippen LogP contribution in [-0.4, -0.2) is 47.8 Å². The first-order valence-electron chi connectivity index (χ1n) is 7.79. The Morgan fingerprint density at radius 1 is 1.22 bits per heavy atom. The molecule has 1 saturated carbocycles. The first-order chi connectivity index (χ1) is 8.69. The van der Waals surface area contributed by atoms with Crippen molar-refractivity contribution in [1.29, 1.82) is 0 Å². The van der Waals surface area contributed by atoms with Gasteiger partial charge in [0.2, 0.25) is 0 Å². The van der Waals surface area contributed by atoms with E-state index in [2.05, 4.69) is 31.0 Å². The van der Waals surface area contributed by atoms with E-state index in [1.807, 2.05) is 0 Å². The van der Waals surface area contributed by atoms with E-state index in [9.17, 15) is 0 Å². The highest BCUT2D eigenvalue weighted by atomic mass is 16.3. The van der Waals surface area contributed by atoms with Gasteiger partial charge in [0.25, 0.3) is 0 Å². The average Bonchev–Trinajstić information content (AvgIpc) is 2.38. The predicted molar refractivity (Wildman–Crippen MR) is 77.9 cm³/mol. The molecule has 0 spiro atoms. The summed E-state index contributed by atoms with van der Waals surface area (Å²) in [6, 6.07) is 2.07. The fraction of sp³-hybridized carbons (Fsp3) is 1.00. The van der Waals surface area contributed by atoms with E-state index in [4.69, 9.17) is 5.11 Å². The molecule has 1 rings (SSSR count). The summed E-state index contributed by atoms with van der Waals surface area (Å²) in [5.74, 6) is 0. The van der Waals surface area contributed by atoms with Crippen LogP contribution in [-0.2, 0) is 0 Å². The molecule has 18 heavy (non-hydrogen) atoms. The fourth-order valence-corrected chi connectivity index (χ4v) is 3.08. The lowest BCUT2D eigenvalue weighted by Crippen LogP contribution is -2.46. The molecule has 0 saturated heterocycles. The number of aliphatic hydroxyl groups excluding tert-OH is 1. The average molecular weight is 256 g/mol. The summed E-state index contributed by atoms with van der Waals surface area (Å²) in [5.41, 5.74) is 0. The Kier molecular flexibility index (Phi) is 7.87. The van der Waals surface area contributed by atoms with Crippen molar-refractivity contribution >= 4 is 0 Å². The Balaban J connectivity index is 2.34. The lowest BCUT2D eigenvalue weighted by molar-refractivity contribution is 0.102. The van der Waals surface area contributed by atoms with Crippen molar-refractivity contribution in [3.63, 3.8) is 0 Å². The van der Waals surface area contributed by atoms with Gasteiger partial charge in [-0.25, -0.2) is 0 Å². The van der Waals surface area contributed by atoms with Crippen LogP contribution >= 0.6 is 0 Å². The first-order valence-corrected chi connectivity index (χ1v) is 7.79. The maximum atomic E-state index is 9.00. The van der Waals surface area contributed by atoms with Crippen LogP contribution in [0, 0.1) is 0 Å². The summed E-state index contributed by atoms with van der Waals surface area (Å²) >= 11 is 0. The number of nitrogens with one attached hydrogen (secondary N) is 1. The standard InChI is InChI=1S/C15H32N2O/c1-4-10-16-14-6-8-15(9-7-14)17(13(2)3)11-5-12-18/h13-16,18H,4-12H2,1-3H3. The largest absolute Gasteiger partial charge is 0.396 e. The fourth-order valence-electron chi connectivity index (χ4n) is 3.08. The van der Waals surface area contributed by atoms with E-state index in [0.29, 0.717) is 12.6 Å². The summed E-state index contributed by atoms with van der Waals surface area (Å²) < 4.78 is 0. The lowest BCUT2D eigenvalue weighted by Gasteiger charge is -2.39. The molecule has 1 aliphatic rings. The number of nitrogens with zero attached hydrogens (tertiary/aromatic N) is 1. The van der Waals surface area contributed by atoms with Crippen LogP contribution in [0.2, 0.25) is 0 Å². The first kappa shape index (κ1) is 15.9. The van der Waals surface area contributed by atoms with Gasteiger partial charge in [0.1, 0.15) is 0 Å². The second-order valence-electron chi connectivity index (χ2n) is 5.87. The van der Waals surface area contributed by atoms with Gasteiger partial charge in [0, 0.05) is 31.3 Å². The number of hydrogen-bond donors (Lipinski definition) is 2. The van der Waals surface area contributed by atoms with Crippen molar-refractivity contribution in [3.8, 4) is 0 Å². The molecule has 0 aromatic rings. The van der Waals surface area contributed by atoms with Gasteiger partial charge in [0.05, 0.1) is 0 Å². The molecule has 0 bridgehead atoms. The predicted octanol–water partition coefficient (Wildman–Crippen LogP) is 2.39. The zero-order valence-corrected chi connectivity index (χ0v) is 12.5. The third-order valence-corrected chi connectivity index (χ3v) is 4.09. The van der Waals surface area contributed by atoms with Crippen LogP contribution < -0.4 is 5.32 Å². The van der Waals surface area contributed by atoms with Crippen LogP contribution in [0.15, 0.2) is 0 Å². The van der Waals surface area contributed by atoms with E-state index in [1.165, 1.54) is 32.1 Å². The molecule has 0 atom stereocenters. The molecule has 0 aliphatic heterocycles. The third kappa shape index (κ3) is 5.25. The molecule has 1 aliphatic carbocycles. The molecule has 0 radical (unpaired) electrons. The highest BCUT2D eigenvalue weighted by molar-refractivity contribution is 4.84. The lowest BCUT2D eigenvalue weighted by atomic mass is 9.89. The second kappa shape index (κ2) is 8.89. The molecule has 0 heterocycles. The molecule has 108 valence electrons. The van der Waals surface area contributed by atoms with Gasteiger partial charge < -0.3 is 10.4 Å². The molecule has 0 amide bonds. The van der Waals surface area contributed by atoms with Gasteiger partial charge in [-0.1, -0.05) is 6.92 Å². The van der Waals surface area contributed by atoms with Crippen LogP contribution in [0.1, 0.15) is 59.3 Å². The monoisotopic (exact) mass is 256 g/mol. The molecule has 0 aromatic carbocycles. The van der Waals surface area contributed by atoms with Gasteiger partial charge in [0.15, 0.2) is 0 Å². The van der Waals surface area contributed by atoms with Crippen molar-refractivity contribution in [2.45, 2.75) is 77.4 Å². The molecule has 0 unspecified atom stereocenters. The zero-order chi connectivity index (χ0) is 13.4. The summed E-state index contributed by atoms with van der Waals surface area (Å²) in [7, 11) is 0. The van der Waals surface area contributed by atoms with E-state index in [0.717, 1.165) is 31.6 Å². The molecular formula is C15H32N2O. The summed E-state index contributed by atoms with van der Waals surface area (Å²) in [4.78, 5) is 2.59. The van der Waals surface area contributed by atoms with Crippen LogP contribution in [0.4, 0.5) is 0 Å². The normalized spacial score (nSPS) is 25.0. The smallest absolute Gasteiger partial charge is 0.0443 e. The molecule has 0 aromatic heterocycles. The van der Waals surface area contributed by atoms with Crippen molar-refractivity contribution in [2.24, 2.45) is 0 Å². The van der Waals surface area contributed by atoms with Gasteiger partial charge in [-0.15, -0.1) is 0 Å². The number of rotatable bonds is 8. The summed E-state index contributed by atoms with van der Waals surface area (Å²) in [6.07, 6.45) is 7.39. The van der Waals surface area contributed by atoms with Crippen LogP contribution in [0.25, 0.3) is 0 Å². The van der Waals surface area contributed by atoms with Gasteiger partial charge in [-0.2, -0.15) is 0 Å². The third-order valence-electron chi connectivity index (χ3n) is 4.09. The van der Waals surface area contributed by atoms with E-state index in [1.54, 1.807) is 0 Å². The zero-order valence-electron chi connectivity index (χ0n) is 12.5. The van der Waals surface area contributed by atoms with E-state index in [-0.39, 0.29) is 0 Å². The Morgan fingerprint density at radius 2 is 1.89 bits per heavy atom. The number of hydrogen-bond acceptors (Lipinski definition) is 3. The van der Waals surface area contributed by atoms with E-state index < -0.39 is 0 Å². The van der Waals surface area contributed by atoms with Crippen LogP contribution in [0.3, 0.4) is 0 Å². The molecule has 2 N–H and O–H groups in total. The van der Waals surface area contributed by atoms with Crippen LogP contribution in [0.5, 0.6) is 0 Å². The van der Waals surface area contributed by atoms with Crippen molar-refractivity contribution in [3.05, 3.63) is 0 Å². The van der Waals surface area contributed by atoms with Gasteiger partial charge in [-0.05, 0) is 58.9 Å².